The maximum absolute atomic E-state index is 11.8. The molecule has 0 saturated heterocycles. The average Bonchev–Trinajstić information content (AvgIpc) is 2.26. The van der Waals surface area contributed by atoms with Gasteiger partial charge in [-0.3, -0.25) is 4.79 Å². The third-order valence-electron chi connectivity index (χ3n) is 1.82. The van der Waals surface area contributed by atoms with E-state index in [1.165, 1.54) is 0 Å². The molecular formula is C9H16F3N3O3. The Morgan fingerprint density at radius 1 is 1.50 bits per heavy atom. The van der Waals surface area contributed by atoms with Crippen molar-refractivity contribution in [1.29, 1.82) is 0 Å². The largest absolute Gasteiger partial charge is 0.411 e. The third kappa shape index (κ3) is 7.71. The maximum Gasteiger partial charge on any atom is 0.411 e. The van der Waals surface area contributed by atoms with Crippen LogP contribution in [0.5, 0.6) is 0 Å². The van der Waals surface area contributed by atoms with Gasteiger partial charge in [0.05, 0.1) is 6.54 Å². The summed E-state index contributed by atoms with van der Waals surface area (Å²) in [6, 6.07) is 0. The number of hydrogen-bond acceptors (Lipinski definition) is 4. The minimum Gasteiger partial charge on any atom is -0.409 e. The number of rotatable bonds is 7. The number of carbonyl (C=O) groups excluding carboxylic acids is 1. The van der Waals surface area contributed by atoms with E-state index in [9.17, 15) is 18.0 Å². The van der Waals surface area contributed by atoms with Gasteiger partial charge in [0.1, 0.15) is 13.2 Å². The molecule has 0 rings (SSSR count). The van der Waals surface area contributed by atoms with Crippen molar-refractivity contribution >= 4 is 11.7 Å². The van der Waals surface area contributed by atoms with Gasteiger partial charge in [0.25, 0.3) is 0 Å². The van der Waals surface area contributed by atoms with Crippen LogP contribution in [-0.4, -0.2) is 54.3 Å². The van der Waals surface area contributed by atoms with Gasteiger partial charge >= 0.3 is 6.18 Å². The van der Waals surface area contributed by atoms with Crippen LogP contribution in [0.4, 0.5) is 13.2 Å². The zero-order valence-electron chi connectivity index (χ0n) is 9.90. The van der Waals surface area contributed by atoms with E-state index in [0.717, 1.165) is 4.90 Å². The van der Waals surface area contributed by atoms with Crippen LogP contribution in [-0.2, 0) is 9.53 Å². The molecule has 0 bridgehead atoms. The van der Waals surface area contributed by atoms with E-state index in [2.05, 4.69) is 9.89 Å². The fraction of sp³-hybridized carbons (Fsp3) is 0.778. The van der Waals surface area contributed by atoms with Crippen molar-refractivity contribution < 1.29 is 27.9 Å². The zero-order chi connectivity index (χ0) is 14.2. The molecule has 0 fully saturated rings. The Hall–Kier alpha value is -1.51. The molecule has 1 amide bonds. The Balaban J connectivity index is 4.22. The van der Waals surface area contributed by atoms with Gasteiger partial charge in [-0.05, 0) is 6.42 Å². The van der Waals surface area contributed by atoms with Gasteiger partial charge in [-0.2, -0.15) is 13.2 Å². The van der Waals surface area contributed by atoms with Crippen molar-refractivity contribution in [2.75, 3.05) is 26.3 Å². The van der Waals surface area contributed by atoms with E-state index < -0.39 is 25.3 Å². The van der Waals surface area contributed by atoms with Crippen molar-refractivity contribution in [1.82, 2.24) is 4.90 Å². The van der Waals surface area contributed by atoms with Gasteiger partial charge in [0.2, 0.25) is 5.91 Å². The lowest BCUT2D eigenvalue weighted by Gasteiger charge is -2.21. The first-order chi connectivity index (χ1) is 8.30. The number of amidine groups is 1. The molecule has 6 nitrogen and oxygen atoms in total. The Labute approximate surface area is 102 Å². The number of oxime groups is 1. The summed E-state index contributed by atoms with van der Waals surface area (Å²) >= 11 is 0. The quantitative estimate of drug-likeness (QED) is 0.306. The van der Waals surface area contributed by atoms with E-state index in [-0.39, 0.29) is 18.9 Å². The van der Waals surface area contributed by atoms with Gasteiger partial charge in [0, 0.05) is 6.54 Å². The topological polar surface area (TPSA) is 88.1 Å². The first-order valence-electron chi connectivity index (χ1n) is 5.18. The lowest BCUT2D eigenvalue weighted by atomic mass is 10.3. The number of carbonyl (C=O) groups is 1. The molecule has 0 unspecified atom stereocenters. The lowest BCUT2D eigenvalue weighted by molar-refractivity contribution is -0.177. The Kier molecular flexibility index (Phi) is 7.10. The highest BCUT2D eigenvalue weighted by atomic mass is 19.4. The molecule has 18 heavy (non-hydrogen) atoms. The van der Waals surface area contributed by atoms with E-state index in [1.807, 2.05) is 0 Å². The second-order valence-electron chi connectivity index (χ2n) is 3.51. The van der Waals surface area contributed by atoms with Gasteiger partial charge in [-0.15, -0.1) is 0 Å². The first-order valence-corrected chi connectivity index (χ1v) is 5.18. The molecular weight excluding hydrogens is 255 g/mol. The van der Waals surface area contributed by atoms with Crippen LogP contribution in [0.1, 0.15) is 13.3 Å². The smallest absolute Gasteiger partial charge is 0.409 e. The molecule has 0 heterocycles. The van der Waals surface area contributed by atoms with Gasteiger partial charge in [-0.1, -0.05) is 12.1 Å². The van der Waals surface area contributed by atoms with Crippen molar-refractivity contribution in [3.8, 4) is 0 Å². The highest BCUT2D eigenvalue weighted by molar-refractivity contribution is 5.87. The van der Waals surface area contributed by atoms with E-state index >= 15 is 0 Å². The second kappa shape index (κ2) is 7.75. The standard InChI is InChI=1S/C9H16F3N3O3/c1-2-3-15(4-7(13)14-17)8(16)5-18-6-9(10,11)12/h17H,2-6H2,1H3,(H2,13,14). The summed E-state index contributed by atoms with van der Waals surface area (Å²) in [7, 11) is 0. The van der Waals surface area contributed by atoms with Crippen molar-refractivity contribution in [3.63, 3.8) is 0 Å². The Bertz CT molecular complexity index is 295. The van der Waals surface area contributed by atoms with Crippen molar-refractivity contribution in [3.05, 3.63) is 0 Å². The van der Waals surface area contributed by atoms with Crippen LogP contribution in [0.25, 0.3) is 0 Å². The predicted octanol–water partition coefficient (Wildman–Crippen LogP) is 0.550. The summed E-state index contributed by atoms with van der Waals surface area (Å²) in [6.45, 7) is -0.271. The molecule has 0 spiro atoms. The van der Waals surface area contributed by atoms with Gasteiger partial charge in [-0.25, -0.2) is 0 Å². The molecule has 3 N–H and O–H groups in total. The number of alkyl halides is 3. The molecule has 0 aliphatic heterocycles. The molecule has 9 heteroatoms. The molecule has 0 saturated carbocycles. The highest BCUT2D eigenvalue weighted by Crippen LogP contribution is 2.14. The van der Waals surface area contributed by atoms with Crippen LogP contribution in [0.2, 0.25) is 0 Å². The third-order valence-corrected chi connectivity index (χ3v) is 1.82. The zero-order valence-corrected chi connectivity index (χ0v) is 9.90. The van der Waals surface area contributed by atoms with E-state index in [1.54, 1.807) is 6.92 Å². The summed E-state index contributed by atoms with van der Waals surface area (Å²) in [5.41, 5.74) is 5.23. The number of nitrogens with two attached hydrogens (primary N) is 1. The van der Waals surface area contributed by atoms with E-state index in [4.69, 9.17) is 10.9 Å². The van der Waals surface area contributed by atoms with Gasteiger partial charge < -0.3 is 20.6 Å². The number of hydrogen-bond donors (Lipinski definition) is 2. The molecule has 106 valence electrons. The first kappa shape index (κ1) is 16.5. The van der Waals surface area contributed by atoms with Crippen LogP contribution in [0.3, 0.4) is 0 Å². The number of amides is 1. The molecule has 0 atom stereocenters. The summed E-state index contributed by atoms with van der Waals surface area (Å²) < 4.78 is 39.6. The van der Waals surface area contributed by atoms with Crippen LogP contribution in [0, 0.1) is 0 Å². The summed E-state index contributed by atoms with van der Waals surface area (Å²) in [5.74, 6) is -0.847. The molecule has 0 aromatic carbocycles. The highest BCUT2D eigenvalue weighted by Gasteiger charge is 2.28. The van der Waals surface area contributed by atoms with E-state index in [0.29, 0.717) is 6.42 Å². The van der Waals surface area contributed by atoms with Crippen LogP contribution in [0.15, 0.2) is 5.16 Å². The Morgan fingerprint density at radius 3 is 2.56 bits per heavy atom. The number of ether oxygens (including phenoxy) is 1. The average molecular weight is 271 g/mol. The van der Waals surface area contributed by atoms with Crippen molar-refractivity contribution in [2.45, 2.75) is 19.5 Å². The fourth-order valence-corrected chi connectivity index (χ4v) is 1.13. The number of nitrogens with zero attached hydrogens (tertiary/aromatic N) is 2. The summed E-state index contributed by atoms with van der Waals surface area (Å²) in [6.07, 6.45) is -3.88. The minimum atomic E-state index is -4.47. The minimum absolute atomic E-state index is 0.154. The SMILES string of the molecule is CCCN(CC(N)=NO)C(=O)COCC(F)(F)F. The lowest BCUT2D eigenvalue weighted by Crippen LogP contribution is -2.41. The molecule has 0 aromatic rings. The maximum atomic E-state index is 11.8. The molecule has 0 aliphatic carbocycles. The van der Waals surface area contributed by atoms with Crippen molar-refractivity contribution in [2.24, 2.45) is 10.9 Å². The number of halogens is 3. The molecule has 0 aromatic heterocycles. The Morgan fingerprint density at radius 2 is 2.11 bits per heavy atom. The summed E-state index contributed by atoms with van der Waals surface area (Å²) in [5, 5.41) is 11.1. The van der Waals surface area contributed by atoms with Crippen LogP contribution < -0.4 is 5.73 Å². The van der Waals surface area contributed by atoms with Crippen LogP contribution >= 0.6 is 0 Å². The second-order valence-corrected chi connectivity index (χ2v) is 3.51. The normalized spacial score (nSPS) is 12.6. The molecule has 0 radical (unpaired) electrons. The van der Waals surface area contributed by atoms with Gasteiger partial charge in [0.15, 0.2) is 5.84 Å². The molecule has 0 aliphatic rings. The predicted molar refractivity (Wildman–Crippen MR) is 57.2 cm³/mol. The fourth-order valence-electron chi connectivity index (χ4n) is 1.13. The monoisotopic (exact) mass is 271 g/mol. The summed E-state index contributed by atoms with van der Waals surface area (Å²) in [4.78, 5) is 12.7.